The van der Waals surface area contributed by atoms with Crippen LogP contribution in [0.4, 0.5) is 0 Å². The van der Waals surface area contributed by atoms with E-state index in [4.69, 9.17) is 14.2 Å². The lowest BCUT2D eigenvalue weighted by molar-refractivity contribution is -0.137. The normalized spacial score (nSPS) is 11.1. The number of methoxy groups -OCH3 is 1. The predicted octanol–water partition coefficient (Wildman–Crippen LogP) is 5.51. The van der Waals surface area contributed by atoms with Gasteiger partial charge in [0.2, 0.25) is 5.91 Å². The largest absolute Gasteiger partial charge is 0.497 e. The number of fused-ring (bicyclic) bond motifs is 1. The second-order valence-electron chi connectivity index (χ2n) is 9.16. The zero-order chi connectivity index (χ0) is 27.6. The molecule has 3 aromatic carbocycles. The Bertz CT molecular complexity index is 1420. The number of amides is 1. The minimum Gasteiger partial charge on any atom is -0.497 e. The summed E-state index contributed by atoms with van der Waals surface area (Å²) in [6, 6.07) is 23.6. The molecule has 0 saturated carbocycles. The third kappa shape index (κ3) is 7.51. The first-order valence-corrected chi connectivity index (χ1v) is 13.0. The van der Waals surface area contributed by atoms with Crippen molar-refractivity contribution in [2.45, 2.75) is 26.5 Å². The molecular formula is C32H34N2O5. The Kier molecular flexibility index (Phi) is 9.40. The number of benzene rings is 3. The van der Waals surface area contributed by atoms with E-state index in [9.17, 15) is 9.59 Å². The maximum atomic E-state index is 13.1. The molecule has 0 aliphatic rings. The molecule has 0 spiro atoms. The fraction of sp³-hybridized carbons (Fsp3) is 0.250. The second kappa shape index (κ2) is 13.3. The summed E-state index contributed by atoms with van der Waals surface area (Å²) in [6.07, 6.45) is 5.75. The lowest BCUT2D eigenvalue weighted by Crippen LogP contribution is -2.31. The average Bonchev–Trinajstić information content (AvgIpc) is 3.30. The lowest BCUT2D eigenvalue weighted by atomic mass is 10.1. The van der Waals surface area contributed by atoms with Gasteiger partial charge in [-0.25, -0.2) is 4.79 Å². The summed E-state index contributed by atoms with van der Waals surface area (Å²) in [5.74, 6) is 1.09. The monoisotopic (exact) mass is 526 g/mol. The Morgan fingerprint density at radius 1 is 0.949 bits per heavy atom. The van der Waals surface area contributed by atoms with E-state index in [-0.39, 0.29) is 12.5 Å². The SMILES string of the molecule is CCOC(=O)C=Cc1cn(CC(=O)N(C)CCc2ccc(OC)cc2)c2ccc(OCc3ccccc3)cc12. The van der Waals surface area contributed by atoms with Crippen LogP contribution in [0.3, 0.4) is 0 Å². The molecule has 7 nitrogen and oxygen atoms in total. The Morgan fingerprint density at radius 3 is 2.41 bits per heavy atom. The van der Waals surface area contributed by atoms with E-state index in [1.54, 1.807) is 25.0 Å². The van der Waals surface area contributed by atoms with E-state index in [0.29, 0.717) is 25.5 Å². The van der Waals surface area contributed by atoms with Gasteiger partial charge < -0.3 is 23.7 Å². The maximum Gasteiger partial charge on any atom is 0.330 e. The molecule has 0 aliphatic heterocycles. The van der Waals surface area contributed by atoms with E-state index in [1.807, 2.05) is 90.6 Å². The van der Waals surface area contributed by atoms with E-state index in [0.717, 1.165) is 39.8 Å². The van der Waals surface area contributed by atoms with E-state index in [2.05, 4.69) is 0 Å². The fourth-order valence-electron chi connectivity index (χ4n) is 4.23. The summed E-state index contributed by atoms with van der Waals surface area (Å²) in [5.41, 5.74) is 3.89. The highest BCUT2D eigenvalue weighted by Gasteiger charge is 2.15. The number of hydrogen-bond donors (Lipinski definition) is 0. The van der Waals surface area contributed by atoms with Crippen molar-refractivity contribution in [3.05, 3.63) is 102 Å². The van der Waals surface area contributed by atoms with Gasteiger partial charge in [0, 0.05) is 42.3 Å². The number of carbonyl (C=O) groups excluding carboxylic acids is 2. The standard InChI is InChI=1S/C32H34N2O5/c1-4-38-32(36)17-12-26-21-34(22-31(35)33(2)19-18-24-10-13-27(37-3)14-11-24)30-16-15-28(20-29(26)30)39-23-25-8-6-5-7-9-25/h5-17,20-21H,4,18-19,22-23H2,1-3H3. The molecule has 0 N–H and O–H groups in total. The van der Waals surface area contributed by atoms with Crippen LogP contribution in [0, 0.1) is 0 Å². The van der Waals surface area contributed by atoms with Gasteiger partial charge in [-0.1, -0.05) is 42.5 Å². The average molecular weight is 527 g/mol. The molecule has 39 heavy (non-hydrogen) atoms. The first kappa shape index (κ1) is 27.5. The minimum absolute atomic E-state index is 0.00858. The zero-order valence-electron chi connectivity index (χ0n) is 22.6. The molecule has 0 aliphatic carbocycles. The van der Waals surface area contributed by atoms with E-state index < -0.39 is 5.97 Å². The lowest BCUT2D eigenvalue weighted by Gasteiger charge is -2.18. The molecule has 4 aromatic rings. The smallest absolute Gasteiger partial charge is 0.330 e. The quantitative estimate of drug-likeness (QED) is 0.180. The highest BCUT2D eigenvalue weighted by molar-refractivity contribution is 5.95. The van der Waals surface area contributed by atoms with Gasteiger partial charge in [-0.2, -0.15) is 0 Å². The van der Waals surface area contributed by atoms with Crippen molar-refractivity contribution in [1.82, 2.24) is 9.47 Å². The number of hydrogen-bond acceptors (Lipinski definition) is 5. The van der Waals surface area contributed by atoms with Crippen molar-refractivity contribution >= 4 is 28.9 Å². The molecule has 0 saturated heterocycles. The van der Waals surface area contributed by atoms with Crippen LogP contribution < -0.4 is 9.47 Å². The number of likely N-dealkylation sites (N-methyl/N-ethyl adjacent to an activating group) is 1. The molecule has 1 amide bonds. The highest BCUT2D eigenvalue weighted by atomic mass is 16.5. The Labute approximate surface area is 229 Å². The third-order valence-electron chi connectivity index (χ3n) is 6.44. The molecule has 4 rings (SSSR count). The number of rotatable bonds is 12. The van der Waals surface area contributed by atoms with Crippen LogP contribution in [-0.2, 0) is 33.9 Å². The van der Waals surface area contributed by atoms with Crippen molar-refractivity contribution < 1.29 is 23.8 Å². The van der Waals surface area contributed by atoms with Gasteiger partial charge in [-0.05, 0) is 60.9 Å². The summed E-state index contributed by atoms with van der Waals surface area (Å²) < 4.78 is 18.2. The van der Waals surface area contributed by atoms with Crippen LogP contribution in [0.15, 0.2) is 85.1 Å². The third-order valence-corrected chi connectivity index (χ3v) is 6.44. The molecule has 0 radical (unpaired) electrons. The van der Waals surface area contributed by atoms with Gasteiger partial charge >= 0.3 is 5.97 Å². The van der Waals surface area contributed by atoms with E-state index >= 15 is 0 Å². The molecule has 1 heterocycles. The molecule has 0 atom stereocenters. The molecule has 7 heteroatoms. The van der Waals surface area contributed by atoms with E-state index in [1.165, 1.54) is 6.08 Å². The van der Waals surface area contributed by atoms with Gasteiger partial charge in [0.05, 0.1) is 13.7 Å². The molecule has 202 valence electrons. The van der Waals surface area contributed by atoms with Crippen molar-refractivity contribution in [2.24, 2.45) is 0 Å². The fourth-order valence-corrected chi connectivity index (χ4v) is 4.23. The van der Waals surface area contributed by atoms with Crippen molar-refractivity contribution in [3.8, 4) is 11.5 Å². The van der Waals surface area contributed by atoms with Crippen molar-refractivity contribution in [1.29, 1.82) is 0 Å². The van der Waals surface area contributed by atoms with Gasteiger partial charge in [0.1, 0.15) is 24.7 Å². The predicted molar refractivity (Wildman–Crippen MR) is 153 cm³/mol. The Balaban J connectivity index is 1.50. The molecule has 1 aromatic heterocycles. The molecule has 0 fully saturated rings. The summed E-state index contributed by atoms with van der Waals surface area (Å²) >= 11 is 0. The zero-order valence-corrected chi connectivity index (χ0v) is 22.6. The van der Waals surface area contributed by atoms with Crippen LogP contribution in [0.25, 0.3) is 17.0 Å². The van der Waals surface area contributed by atoms with Crippen LogP contribution in [0.1, 0.15) is 23.6 Å². The topological polar surface area (TPSA) is 70.0 Å². The number of ether oxygens (including phenoxy) is 3. The first-order chi connectivity index (χ1) is 19.0. The second-order valence-corrected chi connectivity index (χ2v) is 9.16. The van der Waals surface area contributed by atoms with Crippen molar-refractivity contribution in [2.75, 3.05) is 27.3 Å². The Morgan fingerprint density at radius 2 is 1.69 bits per heavy atom. The summed E-state index contributed by atoms with van der Waals surface area (Å²) in [5, 5.41) is 0.884. The number of nitrogens with zero attached hydrogens (tertiary/aromatic N) is 2. The molecule has 0 bridgehead atoms. The molecule has 0 unspecified atom stereocenters. The van der Waals surface area contributed by atoms with Crippen molar-refractivity contribution in [3.63, 3.8) is 0 Å². The van der Waals surface area contributed by atoms with Crippen LogP contribution in [0.5, 0.6) is 11.5 Å². The highest BCUT2D eigenvalue weighted by Crippen LogP contribution is 2.28. The number of carbonyl (C=O) groups is 2. The van der Waals surface area contributed by atoms with Gasteiger partial charge in [-0.15, -0.1) is 0 Å². The number of esters is 1. The van der Waals surface area contributed by atoms with Gasteiger partial charge in [0.25, 0.3) is 0 Å². The van der Waals surface area contributed by atoms with Crippen LogP contribution in [-0.4, -0.2) is 48.7 Å². The maximum absolute atomic E-state index is 13.1. The Hall–Kier alpha value is -4.52. The van der Waals surface area contributed by atoms with Gasteiger partial charge in [-0.3, -0.25) is 4.79 Å². The van der Waals surface area contributed by atoms with Crippen LogP contribution in [0.2, 0.25) is 0 Å². The van der Waals surface area contributed by atoms with Crippen LogP contribution >= 0.6 is 0 Å². The summed E-state index contributed by atoms with van der Waals surface area (Å²) in [4.78, 5) is 26.8. The summed E-state index contributed by atoms with van der Waals surface area (Å²) in [7, 11) is 3.46. The van der Waals surface area contributed by atoms with Gasteiger partial charge in [0.15, 0.2) is 0 Å². The first-order valence-electron chi connectivity index (χ1n) is 13.0. The number of aromatic nitrogens is 1. The summed E-state index contributed by atoms with van der Waals surface area (Å²) in [6.45, 7) is 3.29. The molecular weight excluding hydrogens is 492 g/mol. The minimum atomic E-state index is -0.413.